The maximum Gasteiger partial charge on any atom is 0.224 e. The van der Waals surface area contributed by atoms with Crippen LogP contribution in [0.5, 0.6) is 0 Å². The normalized spacial score (nSPS) is 14.8. The maximum atomic E-state index is 4.56. The van der Waals surface area contributed by atoms with E-state index >= 15 is 0 Å². The molecule has 0 radical (unpaired) electrons. The second kappa shape index (κ2) is 8.76. The highest BCUT2D eigenvalue weighted by atomic mass is 15.1. The van der Waals surface area contributed by atoms with Crippen LogP contribution < -0.4 is 10.6 Å². The van der Waals surface area contributed by atoms with Gasteiger partial charge < -0.3 is 10.6 Å². The van der Waals surface area contributed by atoms with Crippen LogP contribution in [0.3, 0.4) is 0 Å². The number of nitrogens with one attached hydrogen (secondary N) is 2. The first kappa shape index (κ1) is 16.8. The minimum atomic E-state index is 0.693. The van der Waals surface area contributed by atoms with Gasteiger partial charge in [-0.1, -0.05) is 25.5 Å². The van der Waals surface area contributed by atoms with Crippen LogP contribution >= 0.6 is 0 Å². The fourth-order valence-electron chi connectivity index (χ4n) is 2.69. The van der Waals surface area contributed by atoms with Crippen molar-refractivity contribution in [2.45, 2.75) is 59.3 Å². The summed E-state index contributed by atoms with van der Waals surface area (Å²) in [7, 11) is 0. The van der Waals surface area contributed by atoms with Gasteiger partial charge in [0.1, 0.15) is 5.82 Å². The van der Waals surface area contributed by atoms with E-state index in [1.807, 2.05) is 13.0 Å². The van der Waals surface area contributed by atoms with Crippen molar-refractivity contribution in [1.82, 2.24) is 9.97 Å². The zero-order valence-corrected chi connectivity index (χ0v) is 14.3. The Morgan fingerprint density at radius 3 is 2.73 bits per heavy atom. The van der Waals surface area contributed by atoms with Crippen molar-refractivity contribution in [3.05, 3.63) is 23.4 Å². The van der Waals surface area contributed by atoms with Crippen molar-refractivity contribution in [1.29, 1.82) is 0 Å². The molecule has 0 aromatic carbocycles. The summed E-state index contributed by atoms with van der Waals surface area (Å²) in [6.07, 6.45) is 9.90. The van der Waals surface area contributed by atoms with Gasteiger partial charge in [0.25, 0.3) is 0 Å². The first-order valence-corrected chi connectivity index (χ1v) is 8.65. The molecular weight excluding hydrogens is 272 g/mol. The number of anilines is 2. The second-order valence-electron chi connectivity index (χ2n) is 6.61. The molecule has 0 spiro atoms. The second-order valence-corrected chi connectivity index (χ2v) is 6.61. The minimum absolute atomic E-state index is 0.693. The third kappa shape index (κ3) is 6.04. The summed E-state index contributed by atoms with van der Waals surface area (Å²) < 4.78 is 0. The topological polar surface area (TPSA) is 49.8 Å². The highest BCUT2D eigenvalue weighted by Crippen LogP contribution is 2.20. The highest BCUT2D eigenvalue weighted by molar-refractivity contribution is 5.42. The Balaban J connectivity index is 1.82. The van der Waals surface area contributed by atoms with Gasteiger partial charge in [-0.25, -0.2) is 4.98 Å². The van der Waals surface area contributed by atoms with E-state index in [0.29, 0.717) is 5.92 Å². The van der Waals surface area contributed by atoms with E-state index in [1.54, 1.807) is 5.57 Å². The molecule has 0 saturated carbocycles. The summed E-state index contributed by atoms with van der Waals surface area (Å²) in [5.41, 5.74) is 2.60. The van der Waals surface area contributed by atoms with Crippen molar-refractivity contribution in [3.8, 4) is 0 Å². The van der Waals surface area contributed by atoms with Crippen LogP contribution in [0.2, 0.25) is 0 Å². The summed E-state index contributed by atoms with van der Waals surface area (Å²) in [6.45, 7) is 8.35. The Morgan fingerprint density at radius 2 is 2.00 bits per heavy atom. The molecule has 2 rings (SSSR count). The first-order valence-electron chi connectivity index (χ1n) is 8.65. The number of allylic oxidation sites excluding steroid dienone is 1. The van der Waals surface area contributed by atoms with Crippen molar-refractivity contribution < 1.29 is 0 Å². The zero-order chi connectivity index (χ0) is 15.8. The van der Waals surface area contributed by atoms with Gasteiger partial charge in [-0.2, -0.15) is 4.98 Å². The van der Waals surface area contributed by atoms with Gasteiger partial charge in [0.15, 0.2) is 0 Å². The van der Waals surface area contributed by atoms with E-state index in [-0.39, 0.29) is 0 Å². The average Bonchev–Trinajstić information content (AvgIpc) is 2.47. The summed E-state index contributed by atoms with van der Waals surface area (Å²) in [5, 5.41) is 6.76. The summed E-state index contributed by atoms with van der Waals surface area (Å²) in [6, 6.07) is 2.02. The predicted octanol–water partition coefficient (Wildman–Crippen LogP) is 4.55. The lowest BCUT2D eigenvalue weighted by atomic mass is 9.97. The highest BCUT2D eigenvalue weighted by Gasteiger charge is 2.05. The molecular formula is C18H30N4. The van der Waals surface area contributed by atoms with E-state index in [4.69, 9.17) is 0 Å². The Kier molecular flexibility index (Phi) is 6.69. The van der Waals surface area contributed by atoms with Crippen LogP contribution in [0, 0.1) is 12.8 Å². The SMILES string of the molecule is Cc1cc(NCCC2=CCCCC2)nc(NCCC(C)C)n1. The number of rotatable bonds is 8. The van der Waals surface area contributed by atoms with Crippen molar-refractivity contribution >= 4 is 11.8 Å². The van der Waals surface area contributed by atoms with E-state index in [1.165, 1.54) is 25.7 Å². The number of aryl methyl sites for hydroxylation is 1. The molecule has 4 nitrogen and oxygen atoms in total. The number of nitrogens with zero attached hydrogens (tertiary/aromatic N) is 2. The van der Waals surface area contributed by atoms with Gasteiger partial charge in [0, 0.05) is 24.8 Å². The molecule has 122 valence electrons. The first-order chi connectivity index (χ1) is 10.6. The number of aromatic nitrogens is 2. The molecule has 1 aliphatic carbocycles. The van der Waals surface area contributed by atoms with Gasteiger partial charge in [0.05, 0.1) is 0 Å². The molecule has 4 heteroatoms. The third-order valence-corrected chi connectivity index (χ3v) is 4.00. The van der Waals surface area contributed by atoms with Crippen molar-refractivity contribution in [2.75, 3.05) is 23.7 Å². The Hall–Kier alpha value is -1.58. The van der Waals surface area contributed by atoms with E-state index in [0.717, 1.165) is 43.4 Å². The summed E-state index contributed by atoms with van der Waals surface area (Å²) >= 11 is 0. The van der Waals surface area contributed by atoms with Gasteiger partial charge in [0.2, 0.25) is 5.95 Å². The molecule has 1 aromatic rings. The quantitative estimate of drug-likeness (QED) is 0.692. The Labute approximate surface area is 134 Å². The van der Waals surface area contributed by atoms with Gasteiger partial charge in [-0.3, -0.25) is 0 Å². The molecule has 0 aliphatic heterocycles. The zero-order valence-electron chi connectivity index (χ0n) is 14.3. The van der Waals surface area contributed by atoms with Crippen LogP contribution in [-0.2, 0) is 0 Å². The lowest BCUT2D eigenvalue weighted by Gasteiger charge is -2.14. The largest absolute Gasteiger partial charge is 0.370 e. The molecule has 0 unspecified atom stereocenters. The maximum absolute atomic E-state index is 4.56. The van der Waals surface area contributed by atoms with Gasteiger partial charge in [-0.05, 0) is 51.4 Å². The van der Waals surface area contributed by atoms with Gasteiger partial charge in [-0.15, -0.1) is 0 Å². The molecule has 1 heterocycles. The molecule has 0 fully saturated rings. The van der Waals surface area contributed by atoms with Crippen LogP contribution in [0.4, 0.5) is 11.8 Å². The molecule has 1 aromatic heterocycles. The monoisotopic (exact) mass is 302 g/mol. The predicted molar refractivity (Wildman–Crippen MR) is 94.4 cm³/mol. The number of hydrogen-bond acceptors (Lipinski definition) is 4. The minimum Gasteiger partial charge on any atom is -0.370 e. The fraction of sp³-hybridized carbons (Fsp3) is 0.667. The van der Waals surface area contributed by atoms with Crippen molar-refractivity contribution in [3.63, 3.8) is 0 Å². The Morgan fingerprint density at radius 1 is 1.14 bits per heavy atom. The third-order valence-electron chi connectivity index (χ3n) is 4.00. The van der Waals surface area contributed by atoms with E-state index in [2.05, 4.69) is 40.5 Å². The molecule has 0 amide bonds. The average molecular weight is 302 g/mol. The smallest absolute Gasteiger partial charge is 0.224 e. The molecule has 0 atom stereocenters. The summed E-state index contributed by atoms with van der Waals surface area (Å²) in [5.74, 6) is 2.36. The lowest BCUT2D eigenvalue weighted by molar-refractivity contribution is 0.606. The summed E-state index contributed by atoms with van der Waals surface area (Å²) in [4.78, 5) is 9.02. The molecule has 22 heavy (non-hydrogen) atoms. The standard InChI is InChI=1S/C18H30N4/c1-14(2)9-11-20-18-21-15(3)13-17(22-18)19-12-10-16-7-5-4-6-8-16/h7,13-14H,4-6,8-12H2,1-3H3,(H2,19,20,21,22). The molecule has 0 saturated heterocycles. The molecule has 1 aliphatic rings. The van der Waals surface area contributed by atoms with Crippen LogP contribution in [-0.4, -0.2) is 23.1 Å². The number of hydrogen-bond donors (Lipinski definition) is 2. The van der Waals surface area contributed by atoms with Gasteiger partial charge >= 0.3 is 0 Å². The van der Waals surface area contributed by atoms with Crippen LogP contribution in [0.1, 0.15) is 58.1 Å². The van der Waals surface area contributed by atoms with E-state index < -0.39 is 0 Å². The molecule has 2 N–H and O–H groups in total. The molecule has 0 bridgehead atoms. The fourth-order valence-corrected chi connectivity index (χ4v) is 2.69. The van der Waals surface area contributed by atoms with Crippen LogP contribution in [0.15, 0.2) is 17.7 Å². The van der Waals surface area contributed by atoms with Crippen molar-refractivity contribution in [2.24, 2.45) is 5.92 Å². The van der Waals surface area contributed by atoms with E-state index in [9.17, 15) is 0 Å². The Bertz CT molecular complexity index is 494. The van der Waals surface area contributed by atoms with Crippen LogP contribution in [0.25, 0.3) is 0 Å². The lowest BCUT2D eigenvalue weighted by Crippen LogP contribution is -2.11.